The number of carbonyl (C=O) groups is 1. The van der Waals surface area contributed by atoms with Crippen molar-refractivity contribution in [3.8, 4) is 0 Å². The Balaban J connectivity index is 1.76. The average molecular weight is 288 g/mol. The molecule has 0 radical (unpaired) electrons. The molecule has 1 amide bonds. The molecule has 0 spiro atoms. The van der Waals surface area contributed by atoms with E-state index in [0.717, 1.165) is 45.2 Å². The summed E-state index contributed by atoms with van der Waals surface area (Å²) in [6.45, 7) is 1.67. The van der Waals surface area contributed by atoms with E-state index in [9.17, 15) is 4.79 Å². The van der Waals surface area contributed by atoms with Gasteiger partial charge in [0.05, 0.1) is 6.04 Å². The molecule has 1 aliphatic heterocycles. The van der Waals surface area contributed by atoms with Crippen LogP contribution in [0.2, 0.25) is 0 Å². The summed E-state index contributed by atoms with van der Waals surface area (Å²) < 4.78 is 5.62. The molecule has 2 N–H and O–H groups in total. The van der Waals surface area contributed by atoms with Crippen molar-refractivity contribution in [1.82, 2.24) is 10.6 Å². The molecule has 1 fully saturated rings. The number of carbonyl (C=O) groups excluding carboxylic acids is 1. The lowest BCUT2D eigenvalue weighted by Crippen LogP contribution is -2.54. The van der Waals surface area contributed by atoms with E-state index in [2.05, 4.69) is 34.9 Å². The molecular weight excluding hydrogens is 264 g/mol. The third-order valence-corrected chi connectivity index (χ3v) is 4.89. The zero-order chi connectivity index (χ0) is 14.7. The Hall–Kier alpha value is -1.39. The summed E-state index contributed by atoms with van der Waals surface area (Å²) in [6, 6.07) is 8.57. The van der Waals surface area contributed by atoms with Crippen LogP contribution in [-0.2, 0) is 16.0 Å². The summed E-state index contributed by atoms with van der Waals surface area (Å²) >= 11 is 0. The van der Waals surface area contributed by atoms with E-state index in [-0.39, 0.29) is 11.9 Å². The van der Waals surface area contributed by atoms with Gasteiger partial charge in [-0.3, -0.25) is 4.79 Å². The van der Waals surface area contributed by atoms with Gasteiger partial charge in [0.15, 0.2) is 0 Å². The first-order valence-electron chi connectivity index (χ1n) is 7.90. The second-order valence-corrected chi connectivity index (χ2v) is 6.07. The number of fused-ring (bicyclic) bond motifs is 1. The standard InChI is InChI=1S/C17H24N2O2/c1-21-17(9-11-18-12-10-17)16(20)19-15-8-4-6-13-5-2-3-7-14(13)15/h2-3,5,7,15,18H,4,6,8-12H2,1H3,(H,19,20). The number of piperidine rings is 1. The molecule has 1 heterocycles. The van der Waals surface area contributed by atoms with Gasteiger partial charge in [0.25, 0.3) is 5.91 Å². The van der Waals surface area contributed by atoms with Crippen molar-refractivity contribution in [3.05, 3.63) is 35.4 Å². The van der Waals surface area contributed by atoms with E-state index < -0.39 is 5.60 Å². The Morgan fingerprint density at radius 3 is 2.86 bits per heavy atom. The summed E-state index contributed by atoms with van der Waals surface area (Å²) in [6.07, 6.45) is 4.74. The van der Waals surface area contributed by atoms with E-state index in [1.807, 2.05) is 0 Å². The van der Waals surface area contributed by atoms with Crippen molar-refractivity contribution in [1.29, 1.82) is 0 Å². The highest BCUT2D eigenvalue weighted by atomic mass is 16.5. The number of amides is 1. The number of aryl methyl sites for hydroxylation is 1. The molecular formula is C17H24N2O2. The van der Waals surface area contributed by atoms with Gasteiger partial charge in [0.1, 0.15) is 5.60 Å². The molecule has 1 aliphatic carbocycles. The first-order chi connectivity index (χ1) is 10.2. The van der Waals surface area contributed by atoms with E-state index >= 15 is 0 Å². The van der Waals surface area contributed by atoms with Crippen molar-refractivity contribution in [2.45, 2.75) is 43.7 Å². The molecule has 114 valence electrons. The van der Waals surface area contributed by atoms with Crippen LogP contribution in [0.4, 0.5) is 0 Å². The first kappa shape index (κ1) is 14.5. The van der Waals surface area contributed by atoms with Gasteiger partial charge in [-0.2, -0.15) is 0 Å². The second-order valence-electron chi connectivity index (χ2n) is 6.07. The quantitative estimate of drug-likeness (QED) is 0.894. The molecule has 1 saturated heterocycles. The summed E-state index contributed by atoms with van der Waals surface area (Å²) in [4.78, 5) is 12.8. The zero-order valence-corrected chi connectivity index (χ0v) is 12.7. The van der Waals surface area contributed by atoms with Crippen molar-refractivity contribution in [2.24, 2.45) is 0 Å². The van der Waals surface area contributed by atoms with Crippen LogP contribution in [0.25, 0.3) is 0 Å². The van der Waals surface area contributed by atoms with E-state index in [1.165, 1.54) is 11.1 Å². The molecule has 21 heavy (non-hydrogen) atoms. The maximum absolute atomic E-state index is 12.8. The fourth-order valence-electron chi connectivity index (χ4n) is 3.55. The number of nitrogens with one attached hydrogen (secondary N) is 2. The van der Waals surface area contributed by atoms with E-state index in [1.54, 1.807) is 7.11 Å². The monoisotopic (exact) mass is 288 g/mol. The topological polar surface area (TPSA) is 50.4 Å². The minimum absolute atomic E-state index is 0.0493. The Kier molecular flexibility index (Phi) is 4.27. The lowest BCUT2D eigenvalue weighted by molar-refractivity contribution is -0.147. The second kappa shape index (κ2) is 6.16. The maximum Gasteiger partial charge on any atom is 0.252 e. The van der Waals surface area contributed by atoms with Gasteiger partial charge >= 0.3 is 0 Å². The lowest BCUT2D eigenvalue weighted by Gasteiger charge is -2.37. The summed E-state index contributed by atoms with van der Waals surface area (Å²) in [5.74, 6) is 0.0493. The van der Waals surface area contributed by atoms with Crippen LogP contribution in [-0.4, -0.2) is 31.7 Å². The van der Waals surface area contributed by atoms with Crippen LogP contribution in [0.5, 0.6) is 0 Å². The molecule has 0 bridgehead atoms. The number of hydrogen-bond acceptors (Lipinski definition) is 3. The molecule has 0 aromatic heterocycles. The molecule has 4 nitrogen and oxygen atoms in total. The molecule has 1 aromatic rings. The van der Waals surface area contributed by atoms with E-state index in [4.69, 9.17) is 4.74 Å². The maximum atomic E-state index is 12.8. The van der Waals surface area contributed by atoms with Gasteiger partial charge in [-0.05, 0) is 56.3 Å². The molecule has 1 atom stereocenters. The summed E-state index contributed by atoms with van der Waals surface area (Å²) in [5, 5.41) is 6.53. The predicted octanol–water partition coefficient (Wildman–Crippen LogP) is 1.95. The fraction of sp³-hybridized carbons (Fsp3) is 0.588. The highest BCUT2D eigenvalue weighted by Gasteiger charge is 2.40. The summed E-state index contributed by atoms with van der Waals surface area (Å²) in [7, 11) is 1.65. The van der Waals surface area contributed by atoms with Crippen LogP contribution >= 0.6 is 0 Å². The van der Waals surface area contributed by atoms with Gasteiger partial charge in [0.2, 0.25) is 0 Å². The van der Waals surface area contributed by atoms with Crippen LogP contribution < -0.4 is 10.6 Å². The van der Waals surface area contributed by atoms with Crippen LogP contribution in [0.15, 0.2) is 24.3 Å². The Morgan fingerprint density at radius 2 is 2.10 bits per heavy atom. The van der Waals surface area contributed by atoms with Crippen LogP contribution in [0, 0.1) is 0 Å². The minimum atomic E-state index is -0.655. The number of ether oxygens (including phenoxy) is 1. The molecule has 3 rings (SSSR count). The number of methoxy groups -OCH3 is 1. The Bertz CT molecular complexity index is 509. The normalized spacial score (nSPS) is 24.1. The SMILES string of the molecule is COC1(C(=O)NC2CCCc3ccccc32)CCNCC1. The minimum Gasteiger partial charge on any atom is -0.368 e. The summed E-state index contributed by atoms with van der Waals surface area (Å²) in [5.41, 5.74) is 1.99. The molecule has 2 aliphatic rings. The van der Waals surface area contributed by atoms with E-state index in [0.29, 0.717) is 0 Å². The average Bonchev–Trinajstić information content (AvgIpc) is 2.56. The van der Waals surface area contributed by atoms with Crippen molar-refractivity contribution >= 4 is 5.91 Å². The molecule has 1 aromatic carbocycles. The van der Waals surface area contributed by atoms with Gasteiger partial charge in [-0.1, -0.05) is 24.3 Å². The highest BCUT2D eigenvalue weighted by molar-refractivity contribution is 5.85. The predicted molar refractivity (Wildman–Crippen MR) is 82.1 cm³/mol. The van der Waals surface area contributed by atoms with Crippen molar-refractivity contribution in [3.63, 3.8) is 0 Å². The molecule has 0 saturated carbocycles. The van der Waals surface area contributed by atoms with Gasteiger partial charge in [0, 0.05) is 7.11 Å². The largest absolute Gasteiger partial charge is 0.368 e. The fourth-order valence-corrected chi connectivity index (χ4v) is 3.55. The molecule has 4 heteroatoms. The first-order valence-corrected chi connectivity index (χ1v) is 7.90. The molecule has 1 unspecified atom stereocenters. The zero-order valence-electron chi connectivity index (χ0n) is 12.7. The van der Waals surface area contributed by atoms with Gasteiger partial charge < -0.3 is 15.4 Å². The third-order valence-electron chi connectivity index (χ3n) is 4.89. The smallest absolute Gasteiger partial charge is 0.252 e. The van der Waals surface area contributed by atoms with Crippen molar-refractivity contribution < 1.29 is 9.53 Å². The highest BCUT2D eigenvalue weighted by Crippen LogP contribution is 2.31. The van der Waals surface area contributed by atoms with Crippen LogP contribution in [0.1, 0.15) is 42.9 Å². The number of rotatable bonds is 3. The number of benzene rings is 1. The lowest BCUT2D eigenvalue weighted by atomic mass is 9.86. The third kappa shape index (κ3) is 2.83. The number of hydrogen-bond donors (Lipinski definition) is 2. The van der Waals surface area contributed by atoms with Crippen molar-refractivity contribution in [2.75, 3.05) is 20.2 Å². The van der Waals surface area contributed by atoms with Gasteiger partial charge in [-0.15, -0.1) is 0 Å². The Labute approximate surface area is 126 Å². The van der Waals surface area contributed by atoms with Crippen LogP contribution in [0.3, 0.4) is 0 Å². The van der Waals surface area contributed by atoms with Gasteiger partial charge in [-0.25, -0.2) is 0 Å². The Morgan fingerprint density at radius 1 is 1.33 bits per heavy atom.